The number of carbonyl (C=O) groups is 1. The van der Waals surface area contributed by atoms with Crippen molar-refractivity contribution in [1.82, 2.24) is 4.98 Å². The molecular formula is C24H25N3OS2. The third-order valence-corrected chi connectivity index (χ3v) is 7.84. The molecule has 2 aromatic heterocycles. The molecule has 0 saturated heterocycles. The van der Waals surface area contributed by atoms with E-state index in [9.17, 15) is 10.1 Å². The van der Waals surface area contributed by atoms with Gasteiger partial charge in [0, 0.05) is 10.3 Å². The van der Waals surface area contributed by atoms with E-state index in [1.165, 1.54) is 27.8 Å². The lowest BCUT2D eigenvalue weighted by Crippen LogP contribution is -2.22. The second-order valence-electron chi connectivity index (χ2n) is 8.03. The summed E-state index contributed by atoms with van der Waals surface area (Å²) >= 11 is 3.03. The number of thiophene rings is 1. The number of hydrogen-bond donors (Lipinski definition) is 1. The average molecular weight is 436 g/mol. The molecule has 0 spiro atoms. The zero-order chi connectivity index (χ0) is 21.4. The maximum absolute atomic E-state index is 12.9. The molecule has 1 atom stereocenters. The van der Waals surface area contributed by atoms with E-state index in [1.807, 2.05) is 6.92 Å². The highest BCUT2D eigenvalue weighted by atomic mass is 32.2. The van der Waals surface area contributed by atoms with E-state index in [1.54, 1.807) is 11.3 Å². The van der Waals surface area contributed by atoms with E-state index >= 15 is 0 Å². The molecule has 1 amide bonds. The highest BCUT2D eigenvalue weighted by molar-refractivity contribution is 8.00. The summed E-state index contributed by atoms with van der Waals surface area (Å²) in [5.41, 5.74) is 6.33. The van der Waals surface area contributed by atoms with Gasteiger partial charge >= 0.3 is 0 Å². The lowest BCUT2D eigenvalue weighted by Gasteiger charge is -2.13. The molecule has 30 heavy (non-hydrogen) atoms. The topological polar surface area (TPSA) is 65.8 Å². The molecule has 1 N–H and O–H groups in total. The van der Waals surface area contributed by atoms with Crippen molar-refractivity contribution < 1.29 is 4.79 Å². The predicted octanol–water partition coefficient (Wildman–Crippen LogP) is 6.09. The summed E-state index contributed by atoms with van der Waals surface area (Å²) in [4.78, 5) is 19.0. The number of fused-ring (bicyclic) bond motifs is 2. The van der Waals surface area contributed by atoms with Crippen LogP contribution in [0.3, 0.4) is 0 Å². The number of pyridine rings is 1. The van der Waals surface area contributed by atoms with Crippen molar-refractivity contribution in [3.63, 3.8) is 0 Å². The van der Waals surface area contributed by atoms with Crippen LogP contribution in [0.1, 0.15) is 52.5 Å². The monoisotopic (exact) mass is 435 g/mol. The van der Waals surface area contributed by atoms with E-state index in [0.717, 1.165) is 52.7 Å². The van der Waals surface area contributed by atoms with Crippen LogP contribution >= 0.6 is 23.1 Å². The van der Waals surface area contributed by atoms with E-state index in [-0.39, 0.29) is 11.2 Å². The minimum absolute atomic E-state index is 0.0877. The number of hydrogen-bond acceptors (Lipinski definition) is 5. The number of aromatic nitrogens is 1. The van der Waals surface area contributed by atoms with E-state index in [2.05, 4.69) is 50.4 Å². The first-order valence-corrected chi connectivity index (χ1v) is 12.0. The summed E-state index contributed by atoms with van der Waals surface area (Å²) in [6.07, 6.45) is 4.22. The molecule has 0 fully saturated rings. The van der Waals surface area contributed by atoms with Gasteiger partial charge in [-0.25, -0.2) is 4.98 Å². The Morgan fingerprint density at radius 2 is 1.97 bits per heavy atom. The standard InChI is InChI=1S/C24H25N3OS2/c1-13-9-15(3)22-18(10-13)14(2)11-21(26-22)29-16(4)23(28)27-24-19(12-25)17-7-5-6-8-20(17)30-24/h9-11,16H,5-8H2,1-4H3,(H,27,28). The Balaban J connectivity index is 1.55. The number of nitrogens with zero attached hydrogens (tertiary/aromatic N) is 2. The number of thioether (sulfide) groups is 1. The molecule has 0 bridgehead atoms. The predicted molar refractivity (Wildman–Crippen MR) is 126 cm³/mol. The molecule has 154 valence electrons. The Morgan fingerprint density at radius 3 is 2.73 bits per heavy atom. The molecule has 1 aromatic carbocycles. The summed E-state index contributed by atoms with van der Waals surface area (Å²) in [7, 11) is 0. The number of benzene rings is 1. The normalized spacial score (nSPS) is 14.2. The highest BCUT2D eigenvalue weighted by Gasteiger charge is 2.24. The molecule has 1 unspecified atom stereocenters. The molecule has 3 aromatic rings. The number of aryl methyl sites for hydroxylation is 4. The third-order valence-electron chi connectivity index (χ3n) is 5.62. The molecule has 0 radical (unpaired) electrons. The smallest absolute Gasteiger partial charge is 0.238 e. The molecular weight excluding hydrogens is 410 g/mol. The van der Waals surface area contributed by atoms with Gasteiger partial charge in [0.2, 0.25) is 5.91 Å². The van der Waals surface area contributed by atoms with Crippen LogP contribution in [0.15, 0.2) is 23.2 Å². The maximum Gasteiger partial charge on any atom is 0.238 e. The zero-order valence-electron chi connectivity index (χ0n) is 17.8. The van der Waals surface area contributed by atoms with Gasteiger partial charge in [-0.3, -0.25) is 4.79 Å². The third kappa shape index (κ3) is 3.97. The summed E-state index contributed by atoms with van der Waals surface area (Å²) in [5.74, 6) is -0.0877. The SMILES string of the molecule is Cc1cc(C)c2nc(SC(C)C(=O)Nc3sc4c(c3C#N)CCCC4)cc(C)c2c1. The van der Waals surface area contributed by atoms with Crippen LogP contribution in [0.5, 0.6) is 0 Å². The van der Waals surface area contributed by atoms with Gasteiger partial charge < -0.3 is 5.32 Å². The Labute approximate surface area is 185 Å². The fraction of sp³-hybridized carbons (Fsp3) is 0.375. The van der Waals surface area contributed by atoms with Crippen LogP contribution < -0.4 is 5.32 Å². The van der Waals surface area contributed by atoms with Gasteiger partial charge in [-0.1, -0.05) is 23.4 Å². The maximum atomic E-state index is 12.9. The van der Waals surface area contributed by atoms with Crippen molar-refractivity contribution >= 4 is 44.9 Å². The first kappa shape index (κ1) is 20.9. The number of amides is 1. The van der Waals surface area contributed by atoms with Gasteiger partial charge in [0.1, 0.15) is 11.1 Å². The lowest BCUT2D eigenvalue weighted by molar-refractivity contribution is -0.115. The van der Waals surface area contributed by atoms with Crippen molar-refractivity contribution in [2.75, 3.05) is 5.32 Å². The second kappa shape index (κ2) is 8.41. The van der Waals surface area contributed by atoms with Gasteiger partial charge in [-0.2, -0.15) is 5.26 Å². The molecule has 0 aliphatic heterocycles. The van der Waals surface area contributed by atoms with Gasteiger partial charge in [-0.05, 0) is 82.2 Å². The number of carbonyl (C=O) groups excluding carboxylic acids is 1. The quantitative estimate of drug-likeness (QED) is 0.504. The lowest BCUT2D eigenvalue weighted by atomic mass is 9.96. The Kier molecular flexibility index (Phi) is 5.86. The van der Waals surface area contributed by atoms with Gasteiger partial charge in [-0.15, -0.1) is 11.3 Å². The van der Waals surface area contributed by atoms with Crippen molar-refractivity contribution in [3.05, 3.63) is 50.9 Å². The van der Waals surface area contributed by atoms with Crippen LogP contribution in [0.4, 0.5) is 5.00 Å². The molecule has 6 heteroatoms. The van der Waals surface area contributed by atoms with E-state index in [4.69, 9.17) is 4.98 Å². The zero-order valence-corrected chi connectivity index (χ0v) is 19.4. The van der Waals surface area contributed by atoms with Crippen molar-refractivity contribution in [1.29, 1.82) is 5.26 Å². The van der Waals surface area contributed by atoms with Gasteiger partial charge in [0.25, 0.3) is 0 Å². The number of nitrogens with one attached hydrogen (secondary N) is 1. The van der Waals surface area contributed by atoms with Gasteiger partial charge in [0.05, 0.1) is 21.4 Å². The minimum Gasteiger partial charge on any atom is -0.316 e. The number of nitriles is 1. The average Bonchev–Trinajstić information content (AvgIpc) is 3.05. The Bertz CT molecular complexity index is 1190. The first-order chi connectivity index (χ1) is 14.4. The fourth-order valence-corrected chi connectivity index (χ4v) is 6.25. The molecule has 1 aliphatic carbocycles. The van der Waals surface area contributed by atoms with Crippen LogP contribution in [-0.2, 0) is 17.6 Å². The van der Waals surface area contributed by atoms with Crippen LogP contribution in [-0.4, -0.2) is 16.1 Å². The first-order valence-electron chi connectivity index (χ1n) is 10.3. The second-order valence-corrected chi connectivity index (χ2v) is 10.5. The van der Waals surface area contributed by atoms with Crippen LogP contribution in [0.2, 0.25) is 0 Å². The van der Waals surface area contributed by atoms with Crippen LogP contribution in [0, 0.1) is 32.1 Å². The van der Waals surface area contributed by atoms with E-state index in [0.29, 0.717) is 10.6 Å². The van der Waals surface area contributed by atoms with Crippen LogP contribution in [0.25, 0.3) is 10.9 Å². The minimum atomic E-state index is -0.314. The summed E-state index contributed by atoms with van der Waals surface area (Å²) < 4.78 is 0. The largest absolute Gasteiger partial charge is 0.316 e. The number of rotatable bonds is 4. The van der Waals surface area contributed by atoms with E-state index < -0.39 is 0 Å². The van der Waals surface area contributed by atoms with Gasteiger partial charge in [0.15, 0.2) is 0 Å². The summed E-state index contributed by atoms with van der Waals surface area (Å²) in [5, 5.41) is 15.0. The van der Waals surface area contributed by atoms with Crippen molar-refractivity contribution in [2.24, 2.45) is 0 Å². The molecule has 4 nitrogen and oxygen atoms in total. The fourth-order valence-electron chi connectivity index (χ4n) is 4.10. The Morgan fingerprint density at radius 1 is 1.20 bits per heavy atom. The molecule has 4 rings (SSSR count). The molecule has 1 aliphatic rings. The molecule has 2 heterocycles. The van der Waals surface area contributed by atoms with Crippen molar-refractivity contribution in [2.45, 2.75) is 63.7 Å². The van der Waals surface area contributed by atoms with Crippen molar-refractivity contribution in [3.8, 4) is 6.07 Å². The summed E-state index contributed by atoms with van der Waals surface area (Å²) in [6, 6.07) is 8.67. The molecule has 0 saturated carbocycles. The highest BCUT2D eigenvalue weighted by Crippen LogP contribution is 2.38. The Hall–Kier alpha value is -2.36. The number of anilines is 1. The summed E-state index contributed by atoms with van der Waals surface area (Å²) in [6.45, 7) is 8.16.